The van der Waals surface area contributed by atoms with Crippen LogP contribution < -0.4 is 10.6 Å². The van der Waals surface area contributed by atoms with E-state index in [-0.39, 0.29) is 17.3 Å². The van der Waals surface area contributed by atoms with Gasteiger partial charge in [-0.15, -0.1) is 23.7 Å². The number of rotatable bonds is 8. The Morgan fingerprint density at radius 3 is 2.85 bits per heavy atom. The predicted molar refractivity (Wildman–Crippen MR) is 108 cm³/mol. The van der Waals surface area contributed by atoms with E-state index >= 15 is 0 Å². The number of H-pyrrole nitrogens is 1. The summed E-state index contributed by atoms with van der Waals surface area (Å²) in [5, 5.41) is 6.52. The number of pyridine rings is 1. The summed E-state index contributed by atoms with van der Waals surface area (Å²) in [6.07, 6.45) is 0.160. The quantitative estimate of drug-likeness (QED) is 0.407. The standard InChI is InChI=1S/C16H18BrF2N5S.ClH/c1-9-11(25-13(12(9)17)14(18)19)8-20-5-3-7-22-16-23-10-4-2-6-21-15(10)24-16;/h2,4,6,14,20H,3,5,7-8H2,1H3,(H2,21,22,23,24);1H. The van der Waals surface area contributed by atoms with Crippen molar-refractivity contribution in [3.63, 3.8) is 0 Å². The molecule has 0 saturated heterocycles. The van der Waals surface area contributed by atoms with Crippen molar-refractivity contribution in [2.75, 3.05) is 18.4 Å². The first kappa shape index (κ1) is 21.0. The molecule has 0 bridgehead atoms. The highest BCUT2D eigenvalue weighted by Gasteiger charge is 2.19. The van der Waals surface area contributed by atoms with Gasteiger partial charge in [0.25, 0.3) is 6.43 Å². The van der Waals surface area contributed by atoms with Gasteiger partial charge in [-0.25, -0.2) is 13.8 Å². The SMILES string of the molecule is Cc1c(CNCCCNc2nc3ncccc3[nH]2)sc(C(F)F)c1Br.Cl. The van der Waals surface area contributed by atoms with Gasteiger partial charge in [0.1, 0.15) is 0 Å². The molecular formula is C16H19BrClF2N5S. The van der Waals surface area contributed by atoms with Crippen LogP contribution in [-0.4, -0.2) is 28.0 Å². The number of anilines is 1. The van der Waals surface area contributed by atoms with Crippen LogP contribution in [0.3, 0.4) is 0 Å². The van der Waals surface area contributed by atoms with E-state index < -0.39 is 6.43 Å². The van der Waals surface area contributed by atoms with Gasteiger partial charge in [0.15, 0.2) is 5.65 Å². The van der Waals surface area contributed by atoms with E-state index in [1.165, 1.54) is 0 Å². The molecule has 26 heavy (non-hydrogen) atoms. The third kappa shape index (κ3) is 4.91. The molecule has 3 rings (SSSR count). The Labute approximate surface area is 168 Å². The van der Waals surface area contributed by atoms with Crippen LogP contribution in [0.1, 0.15) is 28.2 Å². The molecule has 5 nitrogen and oxygen atoms in total. The molecule has 3 N–H and O–H groups in total. The second kappa shape index (κ2) is 9.59. The average Bonchev–Trinajstić information content (AvgIpc) is 3.13. The summed E-state index contributed by atoms with van der Waals surface area (Å²) in [5.74, 6) is 0.702. The second-order valence-electron chi connectivity index (χ2n) is 5.55. The van der Waals surface area contributed by atoms with Gasteiger partial charge in [0, 0.05) is 28.6 Å². The van der Waals surface area contributed by atoms with Gasteiger partial charge in [-0.2, -0.15) is 4.98 Å². The van der Waals surface area contributed by atoms with Gasteiger partial charge in [0.05, 0.1) is 10.4 Å². The number of halogens is 4. The molecule has 0 radical (unpaired) electrons. The van der Waals surface area contributed by atoms with Crippen LogP contribution >= 0.6 is 39.7 Å². The molecule has 3 aromatic heterocycles. The zero-order chi connectivity index (χ0) is 17.8. The molecule has 3 aromatic rings. The van der Waals surface area contributed by atoms with E-state index in [1.54, 1.807) is 6.20 Å². The van der Waals surface area contributed by atoms with E-state index in [0.29, 0.717) is 22.6 Å². The number of hydrogen-bond acceptors (Lipinski definition) is 5. The molecular weight excluding hydrogens is 448 g/mol. The molecule has 0 saturated carbocycles. The fourth-order valence-corrected chi connectivity index (χ4v) is 4.23. The van der Waals surface area contributed by atoms with E-state index in [2.05, 4.69) is 41.5 Å². The Hall–Kier alpha value is -1.29. The molecule has 3 heterocycles. The van der Waals surface area contributed by atoms with Gasteiger partial charge in [-0.1, -0.05) is 0 Å². The van der Waals surface area contributed by atoms with Gasteiger partial charge >= 0.3 is 0 Å². The van der Waals surface area contributed by atoms with Crippen molar-refractivity contribution in [2.24, 2.45) is 0 Å². The first-order valence-electron chi connectivity index (χ1n) is 7.87. The van der Waals surface area contributed by atoms with E-state index in [9.17, 15) is 8.78 Å². The second-order valence-corrected chi connectivity index (χ2v) is 7.48. The van der Waals surface area contributed by atoms with Crippen molar-refractivity contribution < 1.29 is 8.78 Å². The summed E-state index contributed by atoms with van der Waals surface area (Å²) in [6.45, 7) is 3.99. The minimum absolute atomic E-state index is 0. The molecule has 10 heteroatoms. The normalized spacial score (nSPS) is 11.1. The van der Waals surface area contributed by atoms with Crippen molar-refractivity contribution in [3.8, 4) is 0 Å². The number of aromatic nitrogens is 3. The smallest absolute Gasteiger partial charge is 0.273 e. The van der Waals surface area contributed by atoms with Gasteiger partial charge in [0.2, 0.25) is 5.95 Å². The van der Waals surface area contributed by atoms with Crippen molar-refractivity contribution in [1.29, 1.82) is 0 Å². The molecule has 0 fully saturated rings. The van der Waals surface area contributed by atoms with Gasteiger partial charge in [-0.3, -0.25) is 0 Å². The summed E-state index contributed by atoms with van der Waals surface area (Å²) in [6, 6.07) is 3.79. The van der Waals surface area contributed by atoms with Crippen LogP contribution in [0.5, 0.6) is 0 Å². The third-order valence-corrected chi connectivity index (χ3v) is 6.34. The minimum atomic E-state index is -2.44. The lowest BCUT2D eigenvalue weighted by atomic mass is 10.2. The maximum absolute atomic E-state index is 12.9. The topological polar surface area (TPSA) is 65.6 Å². The maximum Gasteiger partial charge on any atom is 0.273 e. The lowest BCUT2D eigenvalue weighted by Gasteiger charge is -2.05. The number of hydrogen-bond donors (Lipinski definition) is 3. The molecule has 0 aliphatic carbocycles. The lowest BCUT2D eigenvalue weighted by molar-refractivity contribution is 0.155. The first-order chi connectivity index (χ1) is 12.1. The highest BCUT2D eigenvalue weighted by atomic mass is 79.9. The molecule has 0 aliphatic heterocycles. The average molecular weight is 467 g/mol. The number of imidazole rings is 1. The molecule has 0 spiro atoms. The summed E-state index contributed by atoms with van der Waals surface area (Å²) in [4.78, 5) is 12.7. The predicted octanol–water partition coefficient (Wildman–Crippen LogP) is 5.04. The van der Waals surface area contributed by atoms with Crippen molar-refractivity contribution in [3.05, 3.63) is 38.1 Å². The zero-order valence-corrected chi connectivity index (χ0v) is 17.2. The lowest BCUT2D eigenvalue weighted by Crippen LogP contribution is -2.17. The molecule has 0 aliphatic rings. The fourth-order valence-electron chi connectivity index (χ4n) is 2.42. The summed E-state index contributed by atoms with van der Waals surface area (Å²) >= 11 is 4.41. The number of nitrogens with zero attached hydrogens (tertiary/aromatic N) is 2. The molecule has 142 valence electrons. The molecule has 0 aromatic carbocycles. The Morgan fingerprint density at radius 2 is 2.15 bits per heavy atom. The number of fused-ring (bicyclic) bond motifs is 1. The van der Waals surface area contributed by atoms with Crippen molar-refractivity contribution in [1.82, 2.24) is 20.3 Å². The molecule has 0 unspecified atom stereocenters. The minimum Gasteiger partial charge on any atom is -0.356 e. The van der Waals surface area contributed by atoms with Crippen LogP contribution in [-0.2, 0) is 6.54 Å². The van der Waals surface area contributed by atoms with Crippen LogP contribution in [0.25, 0.3) is 11.2 Å². The highest BCUT2D eigenvalue weighted by Crippen LogP contribution is 2.38. The summed E-state index contributed by atoms with van der Waals surface area (Å²) in [5.41, 5.74) is 2.48. The Kier molecular flexibility index (Phi) is 7.75. The van der Waals surface area contributed by atoms with Gasteiger partial charge in [-0.05, 0) is 53.5 Å². The Balaban J connectivity index is 0.00000243. The molecule has 0 atom stereocenters. The maximum atomic E-state index is 12.9. The fraction of sp³-hybridized carbons (Fsp3) is 0.375. The zero-order valence-electron chi connectivity index (χ0n) is 14.0. The van der Waals surface area contributed by atoms with Crippen molar-refractivity contribution in [2.45, 2.75) is 26.3 Å². The largest absolute Gasteiger partial charge is 0.356 e. The van der Waals surface area contributed by atoms with Gasteiger partial charge < -0.3 is 15.6 Å². The van der Waals surface area contributed by atoms with Crippen molar-refractivity contribution >= 4 is 56.8 Å². The highest BCUT2D eigenvalue weighted by molar-refractivity contribution is 9.10. The number of thiophene rings is 1. The first-order valence-corrected chi connectivity index (χ1v) is 9.48. The number of alkyl halides is 2. The van der Waals surface area contributed by atoms with Crippen LogP contribution in [0.15, 0.2) is 22.8 Å². The van der Waals surface area contributed by atoms with E-state index in [4.69, 9.17) is 0 Å². The van der Waals surface area contributed by atoms with Crippen LogP contribution in [0.4, 0.5) is 14.7 Å². The summed E-state index contributed by atoms with van der Waals surface area (Å²) < 4.78 is 26.3. The summed E-state index contributed by atoms with van der Waals surface area (Å²) in [7, 11) is 0. The number of nitrogens with one attached hydrogen (secondary N) is 3. The Morgan fingerprint density at radius 1 is 1.35 bits per heavy atom. The Bertz CT molecular complexity index is 821. The van der Waals surface area contributed by atoms with E-state index in [0.717, 1.165) is 46.8 Å². The van der Waals surface area contributed by atoms with Crippen LogP contribution in [0, 0.1) is 6.92 Å². The number of aromatic amines is 1. The molecule has 0 amide bonds. The van der Waals surface area contributed by atoms with Crippen LogP contribution in [0.2, 0.25) is 0 Å². The van der Waals surface area contributed by atoms with E-state index in [1.807, 2.05) is 19.1 Å². The monoisotopic (exact) mass is 465 g/mol. The third-order valence-electron chi connectivity index (χ3n) is 3.76.